The SMILES string of the molecule is CCCC1=C(C(=O)OCC)[C@@H](c2cc(Cl)ccc2OC)n2c(s/c(=C/c3c(-c4ccccc4)[nH]c4ccccc34)c2=O)=N1. The fraction of sp³-hybridized carbons (Fsp3) is 0.206. The molecular weight excluding hydrogens is 582 g/mol. The number of carbonyl (C=O) groups excluding carboxylic acids is 1. The summed E-state index contributed by atoms with van der Waals surface area (Å²) < 4.78 is 13.3. The minimum absolute atomic E-state index is 0.189. The number of methoxy groups -OCH3 is 1. The third kappa shape index (κ3) is 5.21. The van der Waals surface area contributed by atoms with E-state index < -0.39 is 12.0 Å². The fourth-order valence-electron chi connectivity index (χ4n) is 5.61. The molecule has 0 bridgehead atoms. The van der Waals surface area contributed by atoms with Crippen molar-refractivity contribution in [2.75, 3.05) is 13.7 Å². The first-order chi connectivity index (χ1) is 20.9. The van der Waals surface area contributed by atoms with Crippen molar-refractivity contribution in [1.29, 1.82) is 0 Å². The smallest absolute Gasteiger partial charge is 0.338 e. The van der Waals surface area contributed by atoms with E-state index >= 15 is 0 Å². The summed E-state index contributed by atoms with van der Waals surface area (Å²) in [5.74, 6) is -0.00878. The second-order valence-corrected chi connectivity index (χ2v) is 11.6. The number of carbonyl (C=O) groups is 1. The summed E-state index contributed by atoms with van der Waals surface area (Å²) in [6, 6.07) is 22.4. The number of ether oxygens (including phenoxy) is 2. The second kappa shape index (κ2) is 12.1. The Morgan fingerprint density at radius 2 is 1.86 bits per heavy atom. The molecule has 1 atom stereocenters. The van der Waals surface area contributed by atoms with Crippen molar-refractivity contribution in [2.45, 2.75) is 32.7 Å². The number of H-pyrrole nitrogens is 1. The Hall–Kier alpha value is -4.40. The Labute approximate surface area is 257 Å². The Morgan fingerprint density at radius 3 is 2.60 bits per heavy atom. The molecule has 3 heterocycles. The van der Waals surface area contributed by atoms with Crippen molar-refractivity contribution < 1.29 is 14.3 Å². The number of esters is 1. The molecule has 0 saturated heterocycles. The van der Waals surface area contributed by atoms with E-state index in [1.807, 2.05) is 67.6 Å². The van der Waals surface area contributed by atoms with E-state index in [1.54, 1.807) is 36.8 Å². The number of thiazole rings is 1. The molecule has 3 aromatic carbocycles. The highest BCUT2D eigenvalue weighted by atomic mass is 35.5. The highest BCUT2D eigenvalue weighted by Crippen LogP contribution is 2.38. The van der Waals surface area contributed by atoms with Crippen molar-refractivity contribution in [3.63, 3.8) is 0 Å². The largest absolute Gasteiger partial charge is 0.496 e. The predicted molar refractivity (Wildman–Crippen MR) is 171 cm³/mol. The van der Waals surface area contributed by atoms with Gasteiger partial charge in [-0.25, -0.2) is 9.79 Å². The summed E-state index contributed by atoms with van der Waals surface area (Å²) >= 11 is 7.77. The van der Waals surface area contributed by atoms with E-state index in [1.165, 1.54) is 11.3 Å². The van der Waals surface area contributed by atoms with Gasteiger partial charge in [0, 0.05) is 27.1 Å². The zero-order valence-electron chi connectivity index (χ0n) is 24.0. The van der Waals surface area contributed by atoms with Crippen LogP contribution in [-0.4, -0.2) is 29.2 Å². The lowest BCUT2D eigenvalue weighted by atomic mass is 9.93. The molecule has 0 amide bonds. The van der Waals surface area contributed by atoms with Crippen molar-refractivity contribution >= 4 is 45.9 Å². The highest BCUT2D eigenvalue weighted by molar-refractivity contribution is 7.07. The van der Waals surface area contributed by atoms with Gasteiger partial charge in [-0.15, -0.1) is 0 Å². The molecule has 0 aliphatic carbocycles. The minimum Gasteiger partial charge on any atom is -0.496 e. The maximum Gasteiger partial charge on any atom is 0.338 e. The average Bonchev–Trinajstić information content (AvgIpc) is 3.54. The van der Waals surface area contributed by atoms with Crippen molar-refractivity contribution in [1.82, 2.24) is 9.55 Å². The van der Waals surface area contributed by atoms with Gasteiger partial charge >= 0.3 is 5.97 Å². The Balaban J connectivity index is 1.66. The van der Waals surface area contributed by atoms with Gasteiger partial charge in [0.1, 0.15) is 11.8 Å². The van der Waals surface area contributed by atoms with Gasteiger partial charge in [0.05, 0.1) is 35.2 Å². The summed E-state index contributed by atoms with van der Waals surface area (Å²) in [7, 11) is 1.55. The normalized spacial score (nSPS) is 15.0. The number of hydrogen-bond acceptors (Lipinski definition) is 6. The van der Waals surface area contributed by atoms with Gasteiger partial charge in [0.25, 0.3) is 5.56 Å². The summed E-state index contributed by atoms with van der Waals surface area (Å²) in [5.41, 5.74) is 5.04. The molecular formula is C34H30ClN3O4S. The van der Waals surface area contributed by atoms with Gasteiger partial charge in [0.2, 0.25) is 0 Å². The van der Waals surface area contributed by atoms with Crippen LogP contribution in [0.25, 0.3) is 28.2 Å². The minimum atomic E-state index is -0.829. The summed E-state index contributed by atoms with van der Waals surface area (Å²) in [5, 5.41) is 1.46. The lowest BCUT2D eigenvalue weighted by molar-refractivity contribution is -0.139. The van der Waals surface area contributed by atoms with E-state index in [4.69, 9.17) is 26.1 Å². The number of para-hydroxylation sites is 1. The number of aromatic amines is 1. The van der Waals surface area contributed by atoms with E-state index in [0.29, 0.717) is 43.4 Å². The van der Waals surface area contributed by atoms with Crippen molar-refractivity contribution in [3.8, 4) is 17.0 Å². The van der Waals surface area contributed by atoms with E-state index in [2.05, 4.69) is 4.98 Å². The van der Waals surface area contributed by atoms with Crippen LogP contribution >= 0.6 is 22.9 Å². The van der Waals surface area contributed by atoms with Crippen LogP contribution in [0.4, 0.5) is 0 Å². The molecule has 9 heteroatoms. The molecule has 7 nitrogen and oxygen atoms in total. The highest BCUT2D eigenvalue weighted by Gasteiger charge is 2.36. The lowest BCUT2D eigenvalue weighted by Gasteiger charge is -2.27. The molecule has 6 rings (SSSR count). The molecule has 0 unspecified atom stereocenters. The standard InChI is InChI=1S/C34H30ClN3O4S/c1-4-11-26-29(33(40)42-5-2)31(24-18-21(35)16-17-27(24)41-3)38-32(39)28(43-34(38)37-26)19-23-22-14-9-10-15-25(22)36-30(23)20-12-7-6-8-13-20/h6-10,12-19,31,36H,4-5,11H2,1-3H3/b28-19+/t31-/m1/s1. The summed E-state index contributed by atoms with van der Waals surface area (Å²) in [6.07, 6.45) is 3.22. The first kappa shape index (κ1) is 28.7. The number of hydrogen-bond donors (Lipinski definition) is 1. The lowest BCUT2D eigenvalue weighted by Crippen LogP contribution is -2.40. The average molecular weight is 612 g/mol. The van der Waals surface area contributed by atoms with Crippen LogP contribution in [0.3, 0.4) is 0 Å². The van der Waals surface area contributed by atoms with Gasteiger partial charge in [-0.1, -0.05) is 84.8 Å². The zero-order valence-corrected chi connectivity index (χ0v) is 25.6. The van der Waals surface area contributed by atoms with Gasteiger partial charge in [-0.2, -0.15) is 0 Å². The zero-order chi connectivity index (χ0) is 30.1. The molecule has 218 valence electrons. The molecule has 43 heavy (non-hydrogen) atoms. The molecule has 1 aliphatic heterocycles. The van der Waals surface area contributed by atoms with Crippen LogP contribution in [0.2, 0.25) is 5.02 Å². The van der Waals surface area contributed by atoms with Crippen LogP contribution in [-0.2, 0) is 9.53 Å². The Morgan fingerprint density at radius 1 is 1.09 bits per heavy atom. The molecule has 0 fully saturated rings. The molecule has 2 aromatic heterocycles. The number of halogens is 1. The first-order valence-electron chi connectivity index (χ1n) is 14.2. The van der Waals surface area contributed by atoms with Crippen LogP contribution in [0, 0.1) is 0 Å². The van der Waals surface area contributed by atoms with Crippen molar-refractivity contribution in [2.24, 2.45) is 4.99 Å². The third-order valence-electron chi connectivity index (χ3n) is 7.46. The number of benzene rings is 3. The van der Waals surface area contributed by atoms with Gasteiger partial charge < -0.3 is 14.5 Å². The molecule has 5 aromatic rings. The quantitative estimate of drug-likeness (QED) is 0.206. The Kier molecular flexibility index (Phi) is 8.06. The number of aromatic nitrogens is 2. The first-order valence-corrected chi connectivity index (χ1v) is 15.4. The number of nitrogens with zero attached hydrogens (tertiary/aromatic N) is 2. The second-order valence-electron chi connectivity index (χ2n) is 10.1. The number of allylic oxidation sites excluding steroid dienone is 1. The third-order valence-corrected chi connectivity index (χ3v) is 8.68. The van der Waals surface area contributed by atoms with Gasteiger partial charge in [-0.3, -0.25) is 9.36 Å². The molecule has 0 saturated carbocycles. The van der Waals surface area contributed by atoms with E-state index in [9.17, 15) is 9.59 Å². The summed E-state index contributed by atoms with van der Waals surface area (Å²) in [6.45, 7) is 3.97. The predicted octanol–water partition coefficient (Wildman–Crippen LogP) is 6.39. The maximum absolute atomic E-state index is 14.4. The van der Waals surface area contributed by atoms with Gasteiger partial charge in [-0.05, 0) is 49.2 Å². The van der Waals surface area contributed by atoms with Crippen molar-refractivity contribution in [3.05, 3.63) is 120 Å². The molecule has 1 aliphatic rings. The molecule has 0 spiro atoms. The summed E-state index contributed by atoms with van der Waals surface area (Å²) in [4.78, 5) is 36.9. The molecule has 1 N–H and O–H groups in total. The van der Waals surface area contributed by atoms with Crippen LogP contribution < -0.4 is 19.6 Å². The van der Waals surface area contributed by atoms with Crippen LogP contribution in [0.1, 0.15) is 43.9 Å². The van der Waals surface area contributed by atoms with E-state index in [-0.39, 0.29) is 12.2 Å². The van der Waals surface area contributed by atoms with Crippen LogP contribution in [0.5, 0.6) is 5.75 Å². The molecule has 0 radical (unpaired) electrons. The fourth-order valence-corrected chi connectivity index (χ4v) is 6.79. The maximum atomic E-state index is 14.4. The van der Waals surface area contributed by atoms with Gasteiger partial charge in [0.15, 0.2) is 4.80 Å². The van der Waals surface area contributed by atoms with E-state index in [0.717, 1.165) is 34.1 Å². The number of fused-ring (bicyclic) bond motifs is 2. The number of rotatable bonds is 8. The number of nitrogens with one attached hydrogen (secondary N) is 1. The Bertz CT molecular complexity index is 2060. The monoisotopic (exact) mass is 611 g/mol. The topological polar surface area (TPSA) is 85.7 Å². The van der Waals surface area contributed by atoms with Crippen LogP contribution in [0.15, 0.2) is 93.9 Å².